The normalized spacial score (nSPS) is 11.1. The lowest BCUT2D eigenvalue weighted by Gasteiger charge is -2.17. The lowest BCUT2D eigenvalue weighted by molar-refractivity contribution is -0.123. The van der Waals surface area contributed by atoms with E-state index in [1.165, 1.54) is 0 Å². The molecule has 0 saturated heterocycles. The highest BCUT2D eigenvalue weighted by atomic mass is 16.2. The second kappa shape index (κ2) is 5.14. The molecule has 0 bridgehead atoms. The molecule has 0 atom stereocenters. The summed E-state index contributed by atoms with van der Waals surface area (Å²) in [6.07, 6.45) is 4.99. The third-order valence-corrected chi connectivity index (χ3v) is 2.52. The summed E-state index contributed by atoms with van der Waals surface area (Å²) in [6, 6.07) is 5.32. The van der Waals surface area contributed by atoms with E-state index in [0.29, 0.717) is 11.6 Å². The lowest BCUT2D eigenvalue weighted by atomic mass is 9.96. The highest BCUT2D eigenvalue weighted by Crippen LogP contribution is 2.18. The van der Waals surface area contributed by atoms with Crippen molar-refractivity contribution in [1.82, 2.24) is 15.0 Å². The molecule has 0 saturated carbocycles. The molecule has 0 spiro atoms. The van der Waals surface area contributed by atoms with Crippen LogP contribution in [-0.4, -0.2) is 20.9 Å². The minimum Gasteiger partial charge on any atom is -0.310 e. The first-order valence-corrected chi connectivity index (χ1v) is 6.02. The monoisotopic (exact) mass is 256 g/mol. The van der Waals surface area contributed by atoms with Crippen LogP contribution in [0.1, 0.15) is 20.8 Å². The molecule has 2 heterocycles. The van der Waals surface area contributed by atoms with Gasteiger partial charge in [-0.3, -0.25) is 9.78 Å². The van der Waals surface area contributed by atoms with Crippen LogP contribution in [0.2, 0.25) is 0 Å². The van der Waals surface area contributed by atoms with E-state index in [2.05, 4.69) is 20.3 Å². The molecule has 0 unspecified atom stereocenters. The number of hydrogen-bond acceptors (Lipinski definition) is 4. The molecule has 0 aliphatic heterocycles. The van der Waals surface area contributed by atoms with E-state index < -0.39 is 5.41 Å². The van der Waals surface area contributed by atoms with Gasteiger partial charge in [0.05, 0.1) is 0 Å². The van der Waals surface area contributed by atoms with Gasteiger partial charge in [-0.1, -0.05) is 20.8 Å². The lowest BCUT2D eigenvalue weighted by Crippen LogP contribution is -2.28. The van der Waals surface area contributed by atoms with Gasteiger partial charge in [0.15, 0.2) is 5.82 Å². The maximum absolute atomic E-state index is 11.9. The zero-order chi connectivity index (χ0) is 13.9. The van der Waals surface area contributed by atoms with Crippen molar-refractivity contribution in [3.8, 4) is 11.4 Å². The summed E-state index contributed by atoms with van der Waals surface area (Å²) in [4.78, 5) is 24.4. The Morgan fingerprint density at radius 3 is 2.42 bits per heavy atom. The van der Waals surface area contributed by atoms with Gasteiger partial charge < -0.3 is 5.32 Å². The van der Waals surface area contributed by atoms with Gasteiger partial charge in [0.2, 0.25) is 5.91 Å². The fourth-order valence-electron chi connectivity index (χ4n) is 1.37. The first-order chi connectivity index (χ1) is 8.97. The molecule has 0 fully saturated rings. The van der Waals surface area contributed by atoms with Crippen molar-refractivity contribution in [2.24, 2.45) is 5.41 Å². The second-order valence-corrected chi connectivity index (χ2v) is 5.21. The molecule has 2 aromatic rings. The van der Waals surface area contributed by atoms with Crippen LogP contribution >= 0.6 is 0 Å². The van der Waals surface area contributed by atoms with E-state index in [-0.39, 0.29) is 5.91 Å². The standard InChI is InChI=1S/C14H16N4O/c1-14(2,3)13(19)18-11-6-9-16-12(17-11)10-4-7-15-8-5-10/h4-9H,1-3H3,(H,16,17,18,19). The van der Waals surface area contributed by atoms with E-state index in [9.17, 15) is 4.79 Å². The van der Waals surface area contributed by atoms with Gasteiger partial charge in [-0.2, -0.15) is 0 Å². The van der Waals surface area contributed by atoms with E-state index in [1.54, 1.807) is 24.7 Å². The van der Waals surface area contributed by atoms with Gasteiger partial charge in [0.25, 0.3) is 0 Å². The van der Waals surface area contributed by atoms with Crippen LogP contribution in [0, 0.1) is 5.41 Å². The van der Waals surface area contributed by atoms with Gasteiger partial charge >= 0.3 is 0 Å². The van der Waals surface area contributed by atoms with Crippen molar-refractivity contribution in [2.75, 3.05) is 5.32 Å². The summed E-state index contributed by atoms with van der Waals surface area (Å²) in [7, 11) is 0. The zero-order valence-electron chi connectivity index (χ0n) is 11.2. The third-order valence-electron chi connectivity index (χ3n) is 2.52. The van der Waals surface area contributed by atoms with Gasteiger partial charge in [-0.15, -0.1) is 0 Å². The van der Waals surface area contributed by atoms with Crippen molar-refractivity contribution in [3.63, 3.8) is 0 Å². The van der Waals surface area contributed by atoms with Crippen molar-refractivity contribution in [2.45, 2.75) is 20.8 Å². The third kappa shape index (κ3) is 3.34. The second-order valence-electron chi connectivity index (χ2n) is 5.21. The average molecular weight is 256 g/mol. The number of aromatic nitrogens is 3. The molecule has 5 nitrogen and oxygen atoms in total. The maximum atomic E-state index is 11.9. The predicted octanol–water partition coefficient (Wildman–Crippen LogP) is 2.52. The molecule has 1 amide bonds. The minimum atomic E-state index is -0.457. The highest BCUT2D eigenvalue weighted by molar-refractivity contribution is 5.93. The smallest absolute Gasteiger partial charge is 0.230 e. The van der Waals surface area contributed by atoms with E-state index in [4.69, 9.17) is 0 Å². The number of rotatable bonds is 2. The van der Waals surface area contributed by atoms with Crippen molar-refractivity contribution in [3.05, 3.63) is 36.8 Å². The Hall–Kier alpha value is -2.30. The number of nitrogens with zero attached hydrogens (tertiary/aromatic N) is 3. The predicted molar refractivity (Wildman–Crippen MR) is 73.3 cm³/mol. The zero-order valence-corrected chi connectivity index (χ0v) is 11.2. The first kappa shape index (κ1) is 13.1. The Bertz CT molecular complexity index is 575. The number of nitrogens with one attached hydrogen (secondary N) is 1. The van der Waals surface area contributed by atoms with Crippen LogP contribution in [0.25, 0.3) is 11.4 Å². The molecule has 0 aromatic carbocycles. The van der Waals surface area contributed by atoms with Crippen molar-refractivity contribution < 1.29 is 4.79 Å². The molecule has 0 radical (unpaired) electrons. The van der Waals surface area contributed by atoms with Crippen LogP contribution in [0.4, 0.5) is 5.82 Å². The van der Waals surface area contributed by atoms with Crippen molar-refractivity contribution >= 4 is 11.7 Å². The first-order valence-electron chi connectivity index (χ1n) is 6.02. The quantitative estimate of drug-likeness (QED) is 0.896. The highest BCUT2D eigenvalue weighted by Gasteiger charge is 2.21. The Kier molecular flexibility index (Phi) is 3.55. The summed E-state index contributed by atoms with van der Waals surface area (Å²) in [5.41, 5.74) is 0.406. The van der Waals surface area contributed by atoms with Gasteiger partial charge in [0.1, 0.15) is 5.82 Å². The molecular formula is C14H16N4O. The number of amides is 1. The average Bonchev–Trinajstić information content (AvgIpc) is 2.39. The topological polar surface area (TPSA) is 67.8 Å². The molecule has 0 aliphatic rings. The van der Waals surface area contributed by atoms with Crippen LogP contribution in [0.15, 0.2) is 36.8 Å². The van der Waals surface area contributed by atoms with Gasteiger partial charge in [0, 0.05) is 29.6 Å². The van der Waals surface area contributed by atoms with Crippen LogP contribution in [-0.2, 0) is 4.79 Å². The summed E-state index contributed by atoms with van der Waals surface area (Å²) >= 11 is 0. The van der Waals surface area contributed by atoms with Gasteiger partial charge in [-0.05, 0) is 18.2 Å². The van der Waals surface area contributed by atoms with E-state index in [0.717, 1.165) is 5.56 Å². The number of pyridine rings is 1. The summed E-state index contributed by atoms with van der Waals surface area (Å²) in [5, 5.41) is 2.79. The summed E-state index contributed by atoms with van der Waals surface area (Å²) < 4.78 is 0. The number of carbonyl (C=O) groups excluding carboxylic acids is 1. The molecule has 1 N–H and O–H groups in total. The summed E-state index contributed by atoms with van der Waals surface area (Å²) in [6.45, 7) is 5.56. The van der Waals surface area contributed by atoms with Crippen LogP contribution in [0.5, 0.6) is 0 Å². The largest absolute Gasteiger partial charge is 0.310 e. The molecule has 2 rings (SSSR count). The fourth-order valence-corrected chi connectivity index (χ4v) is 1.37. The van der Waals surface area contributed by atoms with E-state index in [1.807, 2.05) is 32.9 Å². The van der Waals surface area contributed by atoms with Crippen molar-refractivity contribution in [1.29, 1.82) is 0 Å². The molecule has 19 heavy (non-hydrogen) atoms. The van der Waals surface area contributed by atoms with E-state index >= 15 is 0 Å². The van der Waals surface area contributed by atoms with Crippen LogP contribution < -0.4 is 5.32 Å². The molecule has 98 valence electrons. The number of hydrogen-bond donors (Lipinski definition) is 1. The Morgan fingerprint density at radius 1 is 1.11 bits per heavy atom. The fraction of sp³-hybridized carbons (Fsp3) is 0.286. The molecule has 5 heteroatoms. The van der Waals surface area contributed by atoms with Crippen LogP contribution in [0.3, 0.4) is 0 Å². The number of carbonyl (C=O) groups is 1. The summed E-state index contributed by atoms with van der Waals surface area (Å²) in [5.74, 6) is 0.989. The minimum absolute atomic E-state index is 0.0770. The molecular weight excluding hydrogens is 240 g/mol. The van der Waals surface area contributed by atoms with Gasteiger partial charge in [-0.25, -0.2) is 9.97 Å². The Morgan fingerprint density at radius 2 is 1.79 bits per heavy atom. The maximum Gasteiger partial charge on any atom is 0.230 e. The Labute approximate surface area is 112 Å². The molecule has 0 aliphatic carbocycles. The number of anilines is 1. The SMILES string of the molecule is CC(C)(C)C(=O)Nc1ccnc(-c2ccncc2)n1. The Balaban J connectivity index is 2.24. The molecule has 2 aromatic heterocycles.